The molecule has 4 nitrogen and oxygen atoms in total. The van der Waals surface area contributed by atoms with Crippen molar-refractivity contribution in [2.75, 3.05) is 19.0 Å². The number of ether oxygens (including phenoxy) is 1. The van der Waals surface area contributed by atoms with Gasteiger partial charge in [0.2, 0.25) is 5.91 Å². The van der Waals surface area contributed by atoms with E-state index in [1.807, 2.05) is 0 Å². The topological polar surface area (TPSA) is 64.3 Å². The molecule has 0 bridgehead atoms. The molecule has 0 spiro atoms. The van der Waals surface area contributed by atoms with Crippen molar-refractivity contribution in [3.8, 4) is 0 Å². The molecule has 0 aromatic heterocycles. The van der Waals surface area contributed by atoms with E-state index in [1.165, 1.54) is 13.2 Å². The van der Waals surface area contributed by atoms with Crippen LogP contribution in [-0.2, 0) is 9.53 Å². The Kier molecular flexibility index (Phi) is 7.42. The van der Waals surface area contributed by atoms with Gasteiger partial charge < -0.3 is 15.8 Å². The minimum absolute atomic E-state index is 0. The average molecular weight is 281 g/mol. The summed E-state index contributed by atoms with van der Waals surface area (Å²) in [6, 6.07) is 3.14. The van der Waals surface area contributed by atoms with Gasteiger partial charge in [0.25, 0.3) is 0 Å². The van der Waals surface area contributed by atoms with E-state index in [0.717, 1.165) is 12.1 Å². The molecule has 1 amide bonds. The van der Waals surface area contributed by atoms with Crippen molar-refractivity contribution >= 4 is 24.0 Å². The fourth-order valence-electron chi connectivity index (χ4n) is 1.26. The number of rotatable bonds is 5. The molecule has 0 aliphatic carbocycles. The molecule has 1 aromatic rings. The molecule has 7 heteroatoms. The highest BCUT2D eigenvalue weighted by Gasteiger charge is 2.12. The van der Waals surface area contributed by atoms with Crippen molar-refractivity contribution in [1.29, 1.82) is 0 Å². The molecule has 3 N–H and O–H groups in total. The first kappa shape index (κ1) is 16.8. The molecule has 18 heavy (non-hydrogen) atoms. The van der Waals surface area contributed by atoms with E-state index < -0.39 is 11.6 Å². The molecule has 1 rings (SSSR count). The standard InChI is InChI=1S/C11H14F2N2O2.ClH/c1-17-8(6-14)5-11(16)15-7-2-3-9(12)10(13)4-7;/h2-4,8H,5-6,14H2,1H3,(H,15,16);1H. The quantitative estimate of drug-likeness (QED) is 0.863. The average Bonchev–Trinajstić information content (AvgIpc) is 2.31. The van der Waals surface area contributed by atoms with Crippen LogP contribution in [0.4, 0.5) is 14.5 Å². The number of hydrogen-bond acceptors (Lipinski definition) is 3. The van der Waals surface area contributed by atoms with Crippen LogP contribution in [0.5, 0.6) is 0 Å². The summed E-state index contributed by atoms with van der Waals surface area (Å²) in [5.74, 6) is -2.34. The number of amides is 1. The third kappa shape index (κ3) is 4.95. The highest BCUT2D eigenvalue weighted by molar-refractivity contribution is 5.91. The Morgan fingerprint density at radius 3 is 2.61 bits per heavy atom. The SMILES string of the molecule is COC(CN)CC(=O)Nc1ccc(F)c(F)c1.Cl. The zero-order valence-corrected chi connectivity index (χ0v) is 10.6. The van der Waals surface area contributed by atoms with E-state index in [1.54, 1.807) is 0 Å². The zero-order valence-electron chi connectivity index (χ0n) is 9.78. The summed E-state index contributed by atoms with van der Waals surface area (Å²) in [6.45, 7) is 0.210. The lowest BCUT2D eigenvalue weighted by atomic mass is 10.2. The van der Waals surface area contributed by atoms with Crippen LogP contribution < -0.4 is 11.1 Å². The Hall–Kier alpha value is -1.24. The number of nitrogens with one attached hydrogen (secondary N) is 1. The normalized spacial score (nSPS) is 11.6. The van der Waals surface area contributed by atoms with E-state index in [0.29, 0.717) is 0 Å². The Labute approximate surface area is 110 Å². The van der Waals surface area contributed by atoms with Crippen molar-refractivity contribution in [3.05, 3.63) is 29.8 Å². The third-order valence-electron chi connectivity index (χ3n) is 2.21. The number of carbonyl (C=O) groups excluding carboxylic acids is 1. The molecule has 0 fully saturated rings. The molecule has 0 saturated heterocycles. The van der Waals surface area contributed by atoms with E-state index in [2.05, 4.69) is 5.32 Å². The largest absolute Gasteiger partial charge is 0.380 e. The lowest BCUT2D eigenvalue weighted by molar-refractivity contribution is -0.118. The smallest absolute Gasteiger partial charge is 0.227 e. The summed E-state index contributed by atoms with van der Waals surface area (Å²) in [5.41, 5.74) is 5.55. The Balaban J connectivity index is 0.00000289. The summed E-state index contributed by atoms with van der Waals surface area (Å²) < 4.78 is 30.4. The first-order valence-electron chi connectivity index (χ1n) is 5.04. The van der Waals surface area contributed by atoms with Crippen LogP contribution in [0, 0.1) is 11.6 Å². The van der Waals surface area contributed by atoms with Crippen LogP contribution in [0.15, 0.2) is 18.2 Å². The Morgan fingerprint density at radius 1 is 1.44 bits per heavy atom. The molecule has 0 aliphatic rings. The van der Waals surface area contributed by atoms with Crippen molar-refractivity contribution in [3.63, 3.8) is 0 Å². The van der Waals surface area contributed by atoms with Gasteiger partial charge in [0.1, 0.15) is 0 Å². The van der Waals surface area contributed by atoms with Crippen LogP contribution in [0.25, 0.3) is 0 Å². The molecule has 1 aromatic carbocycles. The van der Waals surface area contributed by atoms with E-state index in [4.69, 9.17) is 10.5 Å². The number of benzene rings is 1. The number of carbonyl (C=O) groups is 1. The molecular weight excluding hydrogens is 266 g/mol. The molecule has 0 heterocycles. The fourth-order valence-corrected chi connectivity index (χ4v) is 1.26. The van der Waals surface area contributed by atoms with Crippen LogP contribution in [-0.4, -0.2) is 25.7 Å². The summed E-state index contributed by atoms with van der Waals surface area (Å²) in [7, 11) is 1.45. The third-order valence-corrected chi connectivity index (χ3v) is 2.21. The van der Waals surface area contributed by atoms with Crippen molar-refractivity contribution in [2.45, 2.75) is 12.5 Å². The Morgan fingerprint density at radius 2 is 2.11 bits per heavy atom. The molecule has 0 aliphatic heterocycles. The maximum absolute atomic E-state index is 12.9. The number of methoxy groups -OCH3 is 1. The minimum atomic E-state index is -1.01. The predicted molar refractivity (Wildman–Crippen MR) is 66.7 cm³/mol. The summed E-state index contributed by atoms with van der Waals surface area (Å²) in [4.78, 5) is 11.5. The molecular formula is C11H15ClF2N2O2. The van der Waals surface area contributed by atoms with Crippen LogP contribution in [0.1, 0.15) is 6.42 Å². The van der Waals surface area contributed by atoms with Crippen LogP contribution in [0.3, 0.4) is 0 Å². The first-order valence-corrected chi connectivity index (χ1v) is 5.04. The number of nitrogens with two attached hydrogens (primary N) is 1. The van der Waals surface area contributed by atoms with Crippen molar-refractivity contribution in [2.24, 2.45) is 5.73 Å². The van der Waals surface area contributed by atoms with Gasteiger partial charge in [-0.3, -0.25) is 4.79 Å². The van der Waals surface area contributed by atoms with Crippen LogP contribution >= 0.6 is 12.4 Å². The van der Waals surface area contributed by atoms with Crippen LogP contribution in [0.2, 0.25) is 0 Å². The van der Waals surface area contributed by atoms with Gasteiger partial charge in [0.15, 0.2) is 11.6 Å². The lowest BCUT2D eigenvalue weighted by Crippen LogP contribution is -2.28. The van der Waals surface area contributed by atoms with Gasteiger partial charge in [0, 0.05) is 25.4 Å². The summed E-state index contributed by atoms with van der Waals surface area (Å²) in [6.07, 6.45) is -0.327. The second-order valence-corrected chi connectivity index (χ2v) is 3.47. The minimum Gasteiger partial charge on any atom is -0.380 e. The lowest BCUT2D eigenvalue weighted by Gasteiger charge is -2.12. The van der Waals surface area contributed by atoms with Gasteiger partial charge in [-0.1, -0.05) is 0 Å². The molecule has 0 radical (unpaired) electrons. The predicted octanol–water partition coefficient (Wildman–Crippen LogP) is 1.69. The number of halogens is 3. The van der Waals surface area contributed by atoms with E-state index >= 15 is 0 Å². The highest BCUT2D eigenvalue weighted by Crippen LogP contribution is 2.13. The monoisotopic (exact) mass is 280 g/mol. The second-order valence-electron chi connectivity index (χ2n) is 3.47. The van der Waals surface area contributed by atoms with Gasteiger partial charge in [0.05, 0.1) is 12.5 Å². The van der Waals surface area contributed by atoms with Gasteiger partial charge in [-0.15, -0.1) is 12.4 Å². The molecule has 0 saturated carbocycles. The molecule has 1 unspecified atom stereocenters. The molecule has 1 atom stereocenters. The fraction of sp³-hybridized carbons (Fsp3) is 0.364. The molecule has 102 valence electrons. The van der Waals surface area contributed by atoms with E-state index in [-0.39, 0.29) is 43.1 Å². The maximum atomic E-state index is 12.9. The second kappa shape index (κ2) is 7.97. The zero-order chi connectivity index (χ0) is 12.8. The summed E-state index contributed by atoms with van der Waals surface area (Å²) >= 11 is 0. The number of hydrogen-bond donors (Lipinski definition) is 2. The van der Waals surface area contributed by atoms with Crippen molar-refractivity contribution in [1.82, 2.24) is 0 Å². The number of anilines is 1. The van der Waals surface area contributed by atoms with Gasteiger partial charge in [-0.05, 0) is 12.1 Å². The van der Waals surface area contributed by atoms with Gasteiger partial charge in [-0.25, -0.2) is 8.78 Å². The van der Waals surface area contributed by atoms with E-state index in [9.17, 15) is 13.6 Å². The maximum Gasteiger partial charge on any atom is 0.227 e. The highest BCUT2D eigenvalue weighted by atomic mass is 35.5. The van der Waals surface area contributed by atoms with Gasteiger partial charge >= 0.3 is 0 Å². The van der Waals surface area contributed by atoms with Gasteiger partial charge in [-0.2, -0.15) is 0 Å². The van der Waals surface area contributed by atoms with Crippen molar-refractivity contribution < 1.29 is 18.3 Å². The Bertz CT molecular complexity index is 401. The first-order chi connectivity index (χ1) is 8.06. The summed E-state index contributed by atoms with van der Waals surface area (Å²) in [5, 5.41) is 2.43.